The molecule has 3 aromatic heterocycles. The molecule has 2 N–H and O–H groups in total. The van der Waals surface area contributed by atoms with Crippen molar-refractivity contribution in [2.45, 2.75) is 33.0 Å². The van der Waals surface area contributed by atoms with E-state index in [4.69, 9.17) is 4.42 Å². The van der Waals surface area contributed by atoms with Gasteiger partial charge in [0.2, 0.25) is 0 Å². The van der Waals surface area contributed by atoms with Crippen LogP contribution in [0.3, 0.4) is 0 Å². The fourth-order valence-corrected chi connectivity index (χ4v) is 4.70. The minimum absolute atomic E-state index is 0.161. The summed E-state index contributed by atoms with van der Waals surface area (Å²) in [6.07, 6.45) is -1.36. The lowest BCUT2D eigenvalue weighted by Crippen LogP contribution is -2.18. The van der Waals surface area contributed by atoms with E-state index in [1.165, 1.54) is 29.7 Å². The van der Waals surface area contributed by atoms with Crippen LogP contribution in [-0.2, 0) is 6.18 Å². The van der Waals surface area contributed by atoms with Crippen molar-refractivity contribution in [3.8, 4) is 0 Å². The van der Waals surface area contributed by atoms with Crippen LogP contribution in [0.15, 0.2) is 65.4 Å². The van der Waals surface area contributed by atoms with Crippen molar-refractivity contribution in [1.82, 2.24) is 4.98 Å². The summed E-state index contributed by atoms with van der Waals surface area (Å²) in [6.45, 7) is 5.78. The highest BCUT2D eigenvalue weighted by Gasteiger charge is 2.31. The smallest absolute Gasteiger partial charge is 0.416 e. The zero-order valence-corrected chi connectivity index (χ0v) is 19.5. The SMILES string of the molecule is Cc1ccnc(N[C@@H](c2ccc(C(F)(F)F)cc2)c2c(NC(=O)c3ccco3)sc(C)c2C)c1. The second-order valence-corrected chi connectivity index (χ2v) is 9.10. The summed E-state index contributed by atoms with van der Waals surface area (Å²) in [7, 11) is 0. The number of pyridine rings is 1. The molecule has 176 valence electrons. The van der Waals surface area contributed by atoms with Crippen molar-refractivity contribution in [2.24, 2.45) is 0 Å². The molecule has 1 aromatic carbocycles. The van der Waals surface area contributed by atoms with Gasteiger partial charge in [0, 0.05) is 16.6 Å². The number of halogens is 3. The van der Waals surface area contributed by atoms with Crippen LogP contribution in [-0.4, -0.2) is 10.9 Å². The van der Waals surface area contributed by atoms with Crippen molar-refractivity contribution in [2.75, 3.05) is 10.6 Å². The van der Waals surface area contributed by atoms with Crippen molar-refractivity contribution < 1.29 is 22.4 Å². The first-order chi connectivity index (χ1) is 16.1. The van der Waals surface area contributed by atoms with E-state index in [2.05, 4.69) is 15.6 Å². The molecule has 1 atom stereocenters. The monoisotopic (exact) mass is 485 g/mol. The number of anilines is 2. The molecule has 0 spiro atoms. The molecule has 4 rings (SSSR count). The first-order valence-electron chi connectivity index (χ1n) is 10.4. The summed E-state index contributed by atoms with van der Waals surface area (Å²) < 4.78 is 44.7. The Morgan fingerprint density at radius 2 is 1.82 bits per heavy atom. The van der Waals surface area contributed by atoms with Gasteiger partial charge in [-0.1, -0.05) is 12.1 Å². The molecule has 0 aliphatic rings. The summed E-state index contributed by atoms with van der Waals surface area (Å²) in [4.78, 5) is 18.0. The van der Waals surface area contributed by atoms with E-state index < -0.39 is 23.7 Å². The molecule has 0 aliphatic heterocycles. The molecule has 3 heterocycles. The number of thiophene rings is 1. The van der Waals surface area contributed by atoms with Gasteiger partial charge in [0.15, 0.2) is 5.76 Å². The van der Waals surface area contributed by atoms with Gasteiger partial charge in [-0.3, -0.25) is 4.79 Å². The zero-order valence-electron chi connectivity index (χ0n) is 18.7. The highest BCUT2D eigenvalue weighted by Crippen LogP contribution is 2.41. The maximum Gasteiger partial charge on any atom is 0.416 e. The molecule has 0 unspecified atom stereocenters. The van der Waals surface area contributed by atoms with Crippen LogP contribution >= 0.6 is 11.3 Å². The van der Waals surface area contributed by atoms with Crippen LogP contribution in [0.4, 0.5) is 24.0 Å². The molecular formula is C25H22F3N3O2S. The molecule has 0 aliphatic carbocycles. The van der Waals surface area contributed by atoms with Crippen molar-refractivity contribution in [3.63, 3.8) is 0 Å². The number of carbonyl (C=O) groups is 1. The van der Waals surface area contributed by atoms with Crippen molar-refractivity contribution in [3.05, 3.63) is 99.4 Å². The minimum Gasteiger partial charge on any atom is -0.459 e. The number of alkyl halides is 3. The largest absolute Gasteiger partial charge is 0.459 e. The Bertz CT molecular complexity index is 1300. The van der Waals surface area contributed by atoms with Crippen LogP contribution in [0, 0.1) is 20.8 Å². The van der Waals surface area contributed by atoms with Crippen molar-refractivity contribution in [1.29, 1.82) is 0 Å². The fourth-order valence-electron chi connectivity index (χ4n) is 3.61. The van der Waals surface area contributed by atoms with Gasteiger partial charge >= 0.3 is 6.18 Å². The Kier molecular flexibility index (Phi) is 6.47. The summed E-state index contributed by atoms with van der Waals surface area (Å²) >= 11 is 1.40. The average molecular weight is 486 g/mol. The Morgan fingerprint density at radius 1 is 1.09 bits per heavy atom. The van der Waals surface area contributed by atoms with E-state index in [9.17, 15) is 18.0 Å². The molecule has 5 nitrogen and oxygen atoms in total. The second-order valence-electron chi connectivity index (χ2n) is 7.87. The maximum atomic E-state index is 13.2. The quantitative estimate of drug-likeness (QED) is 0.305. The van der Waals surface area contributed by atoms with Crippen LogP contribution in [0.5, 0.6) is 0 Å². The summed E-state index contributed by atoms with van der Waals surface area (Å²) in [5, 5.41) is 6.84. The molecule has 34 heavy (non-hydrogen) atoms. The van der Waals surface area contributed by atoms with Crippen molar-refractivity contribution >= 4 is 28.1 Å². The van der Waals surface area contributed by atoms with Crippen LogP contribution in [0.25, 0.3) is 0 Å². The predicted molar refractivity (Wildman–Crippen MR) is 126 cm³/mol. The Hall–Kier alpha value is -3.59. The van der Waals surface area contributed by atoms with Gasteiger partial charge in [-0.15, -0.1) is 11.3 Å². The lowest BCUT2D eigenvalue weighted by atomic mass is 9.95. The summed E-state index contributed by atoms with van der Waals surface area (Å²) in [6, 6.07) is 11.3. The van der Waals surface area contributed by atoms with Gasteiger partial charge in [0.05, 0.1) is 17.9 Å². The standard InChI is InChI=1S/C25H22F3N3O2S/c1-14-10-11-29-20(13-14)30-22(17-6-8-18(9-7-17)25(26,27)28)21-15(2)16(3)34-24(21)31-23(32)19-5-4-12-33-19/h4-13,22H,1-3H3,(H,29,30)(H,31,32)/t22-/m0/s1. The molecule has 0 bridgehead atoms. The third-order valence-corrected chi connectivity index (χ3v) is 6.61. The fraction of sp³-hybridized carbons (Fsp3) is 0.200. The van der Waals surface area contributed by atoms with Gasteiger partial charge in [-0.05, 0) is 73.9 Å². The molecular weight excluding hydrogens is 463 g/mol. The molecule has 4 aromatic rings. The topological polar surface area (TPSA) is 67.2 Å². The normalized spacial score (nSPS) is 12.4. The highest BCUT2D eigenvalue weighted by molar-refractivity contribution is 7.16. The first kappa shape index (κ1) is 23.6. The van der Waals surface area contributed by atoms with Crippen LogP contribution < -0.4 is 10.6 Å². The molecule has 0 saturated heterocycles. The number of carbonyl (C=O) groups excluding carboxylic acids is 1. The molecule has 0 saturated carbocycles. The number of hydrogen-bond donors (Lipinski definition) is 2. The first-order valence-corrected chi connectivity index (χ1v) is 11.3. The van der Waals surface area contributed by atoms with Gasteiger partial charge in [-0.25, -0.2) is 4.98 Å². The van der Waals surface area contributed by atoms with E-state index in [1.54, 1.807) is 18.3 Å². The number of nitrogens with one attached hydrogen (secondary N) is 2. The third-order valence-electron chi connectivity index (χ3n) is 5.47. The van der Waals surface area contributed by atoms with Gasteiger partial charge in [0.1, 0.15) is 10.8 Å². The number of benzene rings is 1. The number of amides is 1. The van der Waals surface area contributed by atoms with E-state index in [0.29, 0.717) is 16.4 Å². The number of rotatable bonds is 6. The van der Waals surface area contributed by atoms with Crippen LogP contribution in [0.1, 0.15) is 49.3 Å². The van der Waals surface area contributed by atoms with E-state index in [0.717, 1.165) is 33.7 Å². The Morgan fingerprint density at radius 3 is 2.44 bits per heavy atom. The van der Waals surface area contributed by atoms with Gasteiger partial charge < -0.3 is 15.1 Å². The molecule has 9 heteroatoms. The predicted octanol–water partition coefficient (Wildman–Crippen LogP) is 7.13. The maximum absolute atomic E-state index is 13.2. The number of furan rings is 1. The third kappa shape index (κ3) is 4.99. The number of aryl methyl sites for hydroxylation is 2. The summed E-state index contributed by atoms with van der Waals surface area (Å²) in [5.41, 5.74) is 2.53. The van der Waals surface area contributed by atoms with Gasteiger partial charge in [-0.2, -0.15) is 13.2 Å². The highest BCUT2D eigenvalue weighted by atomic mass is 32.1. The Labute approximate surface area is 198 Å². The molecule has 0 fully saturated rings. The van der Waals surface area contributed by atoms with E-state index in [-0.39, 0.29) is 5.76 Å². The second kappa shape index (κ2) is 9.34. The molecule has 0 radical (unpaired) electrons. The zero-order chi connectivity index (χ0) is 24.5. The average Bonchev–Trinajstić information content (AvgIpc) is 3.41. The molecule has 1 amide bonds. The van der Waals surface area contributed by atoms with E-state index in [1.807, 2.05) is 32.9 Å². The Balaban J connectivity index is 1.79. The minimum atomic E-state index is -4.43. The van der Waals surface area contributed by atoms with E-state index >= 15 is 0 Å². The van der Waals surface area contributed by atoms with Crippen LogP contribution in [0.2, 0.25) is 0 Å². The number of nitrogens with zero attached hydrogens (tertiary/aromatic N) is 1. The lowest BCUT2D eigenvalue weighted by molar-refractivity contribution is -0.137. The number of aromatic nitrogens is 1. The lowest BCUT2D eigenvalue weighted by Gasteiger charge is -2.23. The van der Waals surface area contributed by atoms with Gasteiger partial charge in [0.25, 0.3) is 5.91 Å². The number of hydrogen-bond acceptors (Lipinski definition) is 5. The summed E-state index contributed by atoms with van der Waals surface area (Å²) in [5.74, 6) is 0.317.